The molecule has 0 aromatic heterocycles. The second-order valence-corrected chi connectivity index (χ2v) is 6.02. The molecule has 0 unspecified atom stereocenters. The topological polar surface area (TPSA) is 66.4 Å². The number of nitrogens with one attached hydrogen (secondary N) is 1. The van der Waals surface area contributed by atoms with Crippen LogP contribution in [0.15, 0.2) is 18.2 Å². The number of rotatable bonds is 4. The number of hydrogen-bond acceptors (Lipinski definition) is 3. The predicted octanol–water partition coefficient (Wildman–Crippen LogP) is 1.96. The Balaban J connectivity index is 3.12. The van der Waals surface area contributed by atoms with E-state index in [0.29, 0.717) is 23.6 Å². The summed E-state index contributed by atoms with van der Waals surface area (Å²) in [5, 5.41) is 9.70. The van der Waals surface area contributed by atoms with Gasteiger partial charge in [-0.1, -0.05) is 19.9 Å². The van der Waals surface area contributed by atoms with Crippen LogP contribution < -0.4 is 4.72 Å². The fourth-order valence-electron chi connectivity index (χ4n) is 1.49. The van der Waals surface area contributed by atoms with Gasteiger partial charge in [-0.2, -0.15) is 0 Å². The third-order valence-electron chi connectivity index (χ3n) is 2.06. The van der Waals surface area contributed by atoms with Crippen molar-refractivity contribution in [1.82, 2.24) is 0 Å². The van der Waals surface area contributed by atoms with Crippen LogP contribution in [-0.2, 0) is 16.4 Å². The molecule has 0 saturated heterocycles. The average molecular weight is 243 g/mol. The molecule has 0 aliphatic rings. The van der Waals surface area contributed by atoms with Crippen molar-refractivity contribution in [2.75, 3.05) is 11.0 Å². The summed E-state index contributed by atoms with van der Waals surface area (Å²) in [5.74, 6) is 0.468. The second-order valence-electron chi connectivity index (χ2n) is 4.28. The number of anilines is 1. The summed E-state index contributed by atoms with van der Waals surface area (Å²) in [6.07, 6.45) is 1.72. The van der Waals surface area contributed by atoms with Gasteiger partial charge in [0.15, 0.2) is 0 Å². The summed E-state index contributed by atoms with van der Waals surface area (Å²) in [6.45, 7) is 4.02. The number of phenolic OH excluding ortho intramolecular Hbond substituents is 1. The van der Waals surface area contributed by atoms with E-state index in [1.54, 1.807) is 18.2 Å². The second kappa shape index (κ2) is 4.74. The Morgan fingerprint density at radius 3 is 2.50 bits per heavy atom. The van der Waals surface area contributed by atoms with Crippen molar-refractivity contribution in [2.24, 2.45) is 5.92 Å². The molecule has 0 spiro atoms. The maximum atomic E-state index is 11.2. The van der Waals surface area contributed by atoms with Gasteiger partial charge in [0.25, 0.3) is 0 Å². The number of phenols is 1. The zero-order chi connectivity index (χ0) is 12.3. The molecule has 0 bridgehead atoms. The monoisotopic (exact) mass is 243 g/mol. The minimum atomic E-state index is -3.31. The molecule has 0 amide bonds. The van der Waals surface area contributed by atoms with Crippen molar-refractivity contribution >= 4 is 15.7 Å². The SMILES string of the molecule is CC(C)Cc1c(O)cccc1NS(C)(=O)=O. The lowest BCUT2D eigenvalue weighted by molar-refractivity contribution is 0.463. The minimum Gasteiger partial charge on any atom is -0.508 e. The molecule has 1 aromatic carbocycles. The Morgan fingerprint density at radius 1 is 1.38 bits per heavy atom. The molecule has 16 heavy (non-hydrogen) atoms. The zero-order valence-electron chi connectivity index (χ0n) is 9.69. The highest BCUT2D eigenvalue weighted by atomic mass is 32.2. The molecule has 0 aliphatic heterocycles. The number of sulfonamides is 1. The van der Waals surface area contributed by atoms with Crippen molar-refractivity contribution in [2.45, 2.75) is 20.3 Å². The van der Waals surface area contributed by atoms with Gasteiger partial charge in [0.2, 0.25) is 10.0 Å². The quantitative estimate of drug-likeness (QED) is 0.849. The van der Waals surface area contributed by atoms with E-state index in [0.717, 1.165) is 6.26 Å². The molecular formula is C11H17NO3S. The number of benzene rings is 1. The summed E-state index contributed by atoms with van der Waals surface area (Å²) in [5.41, 5.74) is 1.10. The van der Waals surface area contributed by atoms with Crippen molar-refractivity contribution < 1.29 is 13.5 Å². The highest BCUT2D eigenvalue weighted by molar-refractivity contribution is 7.92. The van der Waals surface area contributed by atoms with Gasteiger partial charge in [0, 0.05) is 5.56 Å². The van der Waals surface area contributed by atoms with Gasteiger partial charge < -0.3 is 5.11 Å². The molecule has 0 saturated carbocycles. The van der Waals surface area contributed by atoms with Gasteiger partial charge in [-0.05, 0) is 24.5 Å². The highest BCUT2D eigenvalue weighted by Gasteiger charge is 2.12. The summed E-state index contributed by atoms with van der Waals surface area (Å²) in [6, 6.07) is 4.83. The van der Waals surface area contributed by atoms with Gasteiger partial charge in [-0.25, -0.2) is 8.42 Å². The molecular weight excluding hydrogens is 226 g/mol. The molecule has 0 fully saturated rings. The van der Waals surface area contributed by atoms with Gasteiger partial charge in [0.05, 0.1) is 11.9 Å². The molecule has 5 heteroatoms. The first-order valence-corrected chi connectivity index (χ1v) is 6.97. The summed E-state index contributed by atoms with van der Waals surface area (Å²) < 4.78 is 24.7. The van der Waals surface area contributed by atoms with E-state index in [9.17, 15) is 13.5 Å². The normalized spacial score (nSPS) is 11.8. The molecule has 0 radical (unpaired) electrons. The third kappa shape index (κ3) is 3.73. The van der Waals surface area contributed by atoms with E-state index < -0.39 is 10.0 Å². The van der Waals surface area contributed by atoms with Crippen LogP contribution in [0.1, 0.15) is 19.4 Å². The van der Waals surface area contributed by atoms with Crippen molar-refractivity contribution in [3.63, 3.8) is 0 Å². The van der Waals surface area contributed by atoms with Gasteiger partial charge in [-0.15, -0.1) is 0 Å². The molecule has 4 nitrogen and oxygen atoms in total. The number of hydrogen-bond donors (Lipinski definition) is 2. The zero-order valence-corrected chi connectivity index (χ0v) is 10.5. The van der Waals surface area contributed by atoms with E-state index in [4.69, 9.17) is 0 Å². The fraction of sp³-hybridized carbons (Fsp3) is 0.455. The van der Waals surface area contributed by atoms with Crippen molar-refractivity contribution in [3.05, 3.63) is 23.8 Å². The Bertz CT molecular complexity index is 466. The van der Waals surface area contributed by atoms with Crippen LogP contribution in [-0.4, -0.2) is 19.8 Å². The van der Waals surface area contributed by atoms with Crippen LogP contribution in [0.2, 0.25) is 0 Å². The van der Waals surface area contributed by atoms with Crippen LogP contribution in [0.4, 0.5) is 5.69 Å². The van der Waals surface area contributed by atoms with E-state index >= 15 is 0 Å². The van der Waals surface area contributed by atoms with E-state index in [1.807, 2.05) is 13.8 Å². The molecule has 0 aliphatic carbocycles. The molecule has 0 heterocycles. The summed E-state index contributed by atoms with van der Waals surface area (Å²) in [7, 11) is -3.31. The number of aromatic hydroxyl groups is 1. The lowest BCUT2D eigenvalue weighted by Gasteiger charge is -2.13. The Labute approximate surface area is 96.4 Å². The van der Waals surface area contributed by atoms with Crippen LogP contribution in [0.3, 0.4) is 0 Å². The molecule has 2 N–H and O–H groups in total. The smallest absolute Gasteiger partial charge is 0.229 e. The minimum absolute atomic E-state index is 0.127. The molecule has 90 valence electrons. The first kappa shape index (κ1) is 12.8. The van der Waals surface area contributed by atoms with E-state index in [1.165, 1.54) is 0 Å². The van der Waals surface area contributed by atoms with Crippen molar-refractivity contribution in [1.29, 1.82) is 0 Å². The average Bonchev–Trinajstić information content (AvgIpc) is 2.08. The van der Waals surface area contributed by atoms with Crippen LogP contribution in [0, 0.1) is 5.92 Å². The van der Waals surface area contributed by atoms with Crippen LogP contribution in [0.25, 0.3) is 0 Å². The third-order valence-corrected chi connectivity index (χ3v) is 2.65. The summed E-state index contributed by atoms with van der Waals surface area (Å²) >= 11 is 0. The highest BCUT2D eigenvalue weighted by Crippen LogP contribution is 2.28. The van der Waals surface area contributed by atoms with E-state index in [-0.39, 0.29) is 5.75 Å². The first-order chi connectivity index (χ1) is 7.29. The predicted molar refractivity (Wildman–Crippen MR) is 65.1 cm³/mol. The largest absolute Gasteiger partial charge is 0.508 e. The Kier molecular flexibility index (Phi) is 3.80. The first-order valence-electron chi connectivity index (χ1n) is 5.08. The maximum absolute atomic E-state index is 11.2. The van der Waals surface area contributed by atoms with Gasteiger partial charge in [-0.3, -0.25) is 4.72 Å². The Hall–Kier alpha value is -1.23. The van der Waals surface area contributed by atoms with Gasteiger partial charge in [0.1, 0.15) is 5.75 Å². The molecule has 1 aromatic rings. The fourth-order valence-corrected chi connectivity index (χ4v) is 2.08. The van der Waals surface area contributed by atoms with Crippen LogP contribution in [0.5, 0.6) is 5.75 Å². The lowest BCUT2D eigenvalue weighted by atomic mass is 10.0. The Morgan fingerprint density at radius 2 is 2.00 bits per heavy atom. The molecule has 1 rings (SSSR count). The van der Waals surface area contributed by atoms with Crippen molar-refractivity contribution in [3.8, 4) is 5.75 Å². The summed E-state index contributed by atoms with van der Waals surface area (Å²) in [4.78, 5) is 0. The van der Waals surface area contributed by atoms with E-state index in [2.05, 4.69) is 4.72 Å². The standard InChI is InChI=1S/C11H17NO3S/c1-8(2)7-9-10(12-16(3,14)15)5-4-6-11(9)13/h4-6,8,12-13H,7H2,1-3H3. The lowest BCUT2D eigenvalue weighted by Crippen LogP contribution is -2.12. The van der Waals surface area contributed by atoms with Gasteiger partial charge >= 0.3 is 0 Å². The maximum Gasteiger partial charge on any atom is 0.229 e. The molecule has 0 atom stereocenters. The van der Waals surface area contributed by atoms with Crippen LogP contribution >= 0.6 is 0 Å².